The van der Waals surface area contributed by atoms with Crippen LogP contribution in [0.25, 0.3) is 0 Å². The Morgan fingerprint density at radius 3 is 2.69 bits per heavy atom. The summed E-state index contributed by atoms with van der Waals surface area (Å²) in [5, 5.41) is 5.50. The molecule has 5 heteroatoms. The molecule has 0 saturated carbocycles. The smallest absolute Gasteiger partial charge is 0.225 e. The first-order valence-corrected chi connectivity index (χ1v) is 4.84. The first-order valence-electron chi connectivity index (χ1n) is 4.84. The van der Waals surface area contributed by atoms with Crippen molar-refractivity contribution < 1.29 is 9.18 Å². The molecule has 0 aliphatic rings. The maximum Gasteiger partial charge on any atom is 0.225 e. The lowest BCUT2D eigenvalue weighted by atomic mass is 10.2. The molecule has 2 N–H and O–H groups in total. The predicted octanol–water partition coefficient (Wildman–Crippen LogP) is 2.10. The van der Waals surface area contributed by atoms with Gasteiger partial charge in [-0.2, -0.15) is 0 Å². The zero-order chi connectivity index (χ0) is 11.3. The third-order valence-corrected chi connectivity index (χ3v) is 2.06. The molecule has 1 rings (SSSR count). The topological polar surface area (TPSA) is 41.1 Å². The molecule has 0 atom stereocenters. The van der Waals surface area contributed by atoms with Gasteiger partial charge in [-0.3, -0.25) is 4.79 Å². The van der Waals surface area contributed by atoms with Gasteiger partial charge in [0, 0.05) is 18.7 Å². The van der Waals surface area contributed by atoms with Gasteiger partial charge in [0.05, 0.1) is 0 Å². The highest BCUT2D eigenvalue weighted by atomic mass is 35.5. The maximum atomic E-state index is 13.1. The minimum atomic E-state index is -0.304. The van der Waals surface area contributed by atoms with E-state index in [0.29, 0.717) is 24.2 Å². The summed E-state index contributed by atoms with van der Waals surface area (Å²) in [7, 11) is 1.78. The molecule has 1 aromatic carbocycles. The van der Waals surface area contributed by atoms with Gasteiger partial charge in [-0.25, -0.2) is 4.39 Å². The van der Waals surface area contributed by atoms with Crippen LogP contribution in [-0.2, 0) is 4.79 Å². The van der Waals surface area contributed by atoms with Crippen LogP contribution in [0, 0.1) is 12.7 Å². The van der Waals surface area contributed by atoms with Crippen LogP contribution in [0.5, 0.6) is 0 Å². The molecule has 1 amide bonds. The summed E-state index contributed by atoms with van der Waals surface area (Å²) in [4.78, 5) is 11.3. The summed E-state index contributed by atoms with van der Waals surface area (Å²) in [5.74, 6) is -0.422. The molecule has 90 valence electrons. The SMILES string of the molecule is CNCCC(=O)Nc1ccc(C)c(F)c1.Cl. The molecular formula is C11H16ClFN2O. The molecule has 0 aliphatic carbocycles. The highest BCUT2D eigenvalue weighted by Gasteiger charge is 2.03. The van der Waals surface area contributed by atoms with E-state index in [4.69, 9.17) is 0 Å². The zero-order valence-corrected chi connectivity index (χ0v) is 10.2. The molecule has 16 heavy (non-hydrogen) atoms. The van der Waals surface area contributed by atoms with Gasteiger partial charge in [-0.1, -0.05) is 6.07 Å². The summed E-state index contributed by atoms with van der Waals surface area (Å²) in [6.45, 7) is 2.29. The van der Waals surface area contributed by atoms with E-state index in [1.807, 2.05) is 0 Å². The standard InChI is InChI=1S/C11H15FN2O.ClH/c1-8-3-4-9(7-10(8)12)14-11(15)5-6-13-2;/h3-4,7,13H,5-6H2,1-2H3,(H,14,15);1H. The molecule has 0 radical (unpaired) electrons. The third kappa shape index (κ3) is 4.59. The Bertz CT molecular complexity index is 358. The molecule has 0 fully saturated rings. The van der Waals surface area contributed by atoms with E-state index >= 15 is 0 Å². The first-order chi connectivity index (χ1) is 7.13. The monoisotopic (exact) mass is 246 g/mol. The Morgan fingerprint density at radius 1 is 1.44 bits per heavy atom. The molecule has 3 nitrogen and oxygen atoms in total. The number of nitrogens with one attached hydrogen (secondary N) is 2. The van der Waals surface area contributed by atoms with Crippen LogP contribution in [0.3, 0.4) is 0 Å². The van der Waals surface area contributed by atoms with Crippen molar-refractivity contribution in [3.05, 3.63) is 29.6 Å². The van der Waals surface area contributed by atoms with Crippen molar-refractivity contribution in [1.29, 1.82) is 0 Å². The Morgan fingerprint density at radius 2 is 2.12 bits per heavy atom. The number of halogens is 2. The highest BCUT2D eigenvalue weighted by molar-refractivity contribution is 5.90. The lowest BCUT2D eigenvalue weighted by Crippen LogP contribution is -2.18. The van der Waals surface area contributed by atoms with Crippen molar-refractivity contribution in [2.45, 2.75) is 13.3 Å². The quantitative estimate of drug-likeness (QED) is 0.854. The molecule has 0 aromatic heterocycles. The fourth-order valence-corrected chi connectivity index (χ4v) is 1.13. The van der Waals surface area contributed by atoms with E-state index in [-0.39, 0.29) is 24.1 Å². The number of anilines is 1. The van der Waals surface area contributed by atoms with Gasteiger partial charge in [-0.15, -0.1) is 12.4 Å². The summed E-state index contributed by atoms with van der Waals surface area (Å²) in [6, 6.07) is 4.66. The minimum absolute atomic E-state index is 0. The van der Waals surface area contributed by atoms with Crippen LogP contribution in [0.2, 0.25) is 0 Å². The first kappa shape index (κ1) is 14.9. The van der Waals surface area contributed by atoms with Crippen molar-refractivity contribution in [3.63, 3.8) is 0 Å². The number of benzene rings is 1. The number of amides is 1. The van der Waals surface area contributed by atoms with Crippen LogP contribution in [0.15, 0.2) is 18.2 Å². The maximum absolute atomic E-state index is 13.1. The number of hydrogen-bond donors (Lipinski definition) is 2. The molecule has 0 spiro atoms. The van der Waals surface area contributed by atoms with Gasteiger partial charge in [0.2, 0.25) is 5.91 Å². The number of hydrogen-bond acceptors (Lipinski definition) is 2. The third-order valence-electron chi connectivity index (χ3n) is 2.06. The van der Waals surface area contributed by atoms with Crippen LogP contribution in [-0.4, -0.2) is 19.5 Å². The van der Waals surface area contributed by atoms with E-state index < -0.39 is 0 Å². The average Bonchev–Trinajstić information content (AvgIpc) is 2.20. The van der Waals surface area contributed by atoms with Gasteiger partial charge in [0.15, 0.2) is 0 Å². The number of rotatable bonds is 4. The predicted molar refractivity (Wildman–Crippen MR) is 65.6 cm³/mol. The van der Waals surface area contributed by atoms with E-state index in [9.17, 15) is 9.18 Å². The molecular weight excluding hydrogens is 231 g/mol. The number of aryl methyl sites for hydroxylation is 1. The lowest BCUT2D eigenvalue weighted by molar-refractivity contribution is -0.116. The minimum Gasteiger partial charge on any atom is -0.326 e. The van der Waals surface area contributed by atoms with Crippen LogP contribution in [0.4, 0.5) is 10.1 Å². The van der Waals surface area contributed by atoms with E-state index in [1.165, 1.54) is 6.07 Å². The fraction of sp³-hybridized carbons (Fsp3) is 0.364. The fourth-order valence-electron chi connectivity index (χ4n) is 1.13. The molecule has 1 aromatic rings. The second kappa shape index (κ2) is 7.19. The Kier molecular flexibility index (Phi) is 6.69. The van der Waals surface area contributed by atoms with Crippen LogP contribution in [0.1, 0.15) is 12.0 Å². The van der Waals surface area contributed by atoms with Crippen molar-refractivity contribution in [3.8, 4) is 0 Å². The van der Waals surface area contributed by atoms with E-state index in [1.54, 1.807) is 26.1 Å². The Hall–Kier alpha value is -1.13. The van der Waals surface area contributed by atoms with E-state index in [0.717, 1.165) is 0 Å². The highest BCUT2D eigenvalue weighted by Crippen LogP contribution is 2.13. The zero-order valence-electron chi connectivity index (χ0n) is 9.34. The van der Waals surface area contributed by atoms with Gasteiger partial charge < -0.3 is 10.6 Å². The van der Waals surface area contributed by atoms with Crippen LogP contribution < -0.4 is 10.6 Å². The second-order valence-corrected chi connectivity index (χ2v) is 3.37. The molecule has 0 saturated heterocycles. The van der Waals surface area contributed by atoms with Gasteiger partial charge in [0.25, 0.3) is 0 Å². The summed E-state index contributed by atoms with van der Waals surface area (Å²) in [6.07, 6.45) is 0.381. The lowest BCUT2D eigenvalue weighted by Gasteiger charge is -2.05. The number of carbonyl (C=O) groups is 1. The van der Waals surface area contributed by atoms with Crippen molar-refractivity contribution >= 4 is 24.0 Å². The van der Waals surface area contributed by atoms with Crippen molar-refractivity contribution in [1.82, 2.24) is 5.32 Å². The summed E-state index contributed by atoms with van der Waals surface area (Å²) < 4.78 is 13.1. The summed E-state index contributed by atoms with van der Waals surface area (Å²) >= 11 is 0. The largest absolute Gasteiger partial charge is 0.326 e. The Balaban J connectivity index is 0.00000225. The second-order valence-electron chi connectivity index (χ2n) is 3.37. The normalized spacial score (nSPS) is 9.44. The Labute approximate surface area is 101 Å². The van der Waals surface area contributed by atoms with E-state index in [2.05, 4.69) is 10.6 Å². The summed E-state index contributed by atoms with van der Waals surface area (Å²) in [5.41, 5.74) is 1.07. The molecule has 0 heterocycles. The molecule has 0 aliphatic heterocycles. The average molecular weight is 247 g/mol. The van der Waals surface area contributed by atoms with Crippen LogP contribution >= 0.6 is 12.4 Å². The molecule has 0 bridgehead atoms. The van der Waals surface area contributed by atoms with Gasteiger partial charge in [0.1, 0.15) is 5.82 Å². The van der Waals surface area contributed by atoms with Crippen molar-refractivity contribution in [2.75, 3.05) is 18.9 Å². The number of carbonyl (C=O) groups excluding carboxylic acids is 1. The van der Waals surface area contributed by atoms with Crippen molar-refractivity contribution in [2.24, 2.45) is 0 Å². The van der Waals surface area contributed by atoms with Gasteiger partial charge in [-0.05, 0) is 31.7 Å². The molecule has 0 unspecified atom stereocenters. The van der Waals surface area contributed by atoms with Gasteiger partial charge >= 0.3 is 0 Å².